The summed E-state index contributed by atoms with van der Waals surface area (Å²) in [6, 6.07) is 1.91. The van der Waals surface area contributed by atoms with Crippen molar-refractivity contribution in [2.24, 2.45) is 0 Å². The van der Waals surface area contributed by atoms with Gasteiger partial charge >= 0.3 is 0 Å². The van der Waals surface area contributed by atoms with E-state index in [1.54, 1.807) is 6.20 Å². The molecule has 0 radical (unpaired) electrons. The molecule has 0 saturated carbocycles. The van der Waals surface area contributed by atoms with Crippen LogP contribution in [-0.4, -0.2) is 4.98 Å². The molecule has 0 saturated heterocycles. The maximum absolute atomic E-state index is 4.96. The summed E-state index contributed by atoms with van der Waals surface area (Å²) in [6.45, 7) is 1.97. The van der Waals surface area contributed by atoms with Crippen molar-refractivity contribution in [2.45, 2.75) is 6.92 Å². The zero-order valence-corrected chi connectivity index (χ0v) is 5.51. The predicted molar refractivity (Wildman–Crippen MR) is 36.4 cm³/mol. The Bertz CT molecular complexity index is 261. The number of hydrogen-bond donors (Lipinski definition) is 2. The van der Waals surface area contributed by atoms with Crippen molar-refractivity contribution in [3.63, 3.8) is 0 Å². The number of anilines is 1. The minimum Gasteiger partial charge on any atom is -0.385 e. The van der Waals surface area contributed by atoms with E-state index in [2.05, 4.69) is 16.0 Å². The van der Waals surface area contributed by atoms with E-state index in [1.807, 2.05) is 13.0 Å². The third-order valence-corrected chi connectivity index (χ3v) is 1.32. The first-order valence-electron chi connectivity index (χ1n) is 3.01. The summed E-state index contributed by atoms with van der Waals surface area (Å²) in [5.74, 6) is 1.49. The summed E-state index contributed by atoms with van der Waals surface area (Å²) in [7, 11) is 0. The molecule has 0 unspecified atom stereocenters. The van der Waals surface area contributed by atoms with Gasteiger partial charge in [0.15, 0.2) is 11.6 Å². The van der Waals surface area contributed by atoms with Gasteiger partial charge in [-0.25, -0.2) is 4.98 Å². The van der Waals surface area contributed by atoms with E-state index in [1.165, 1.54) is 0 Å². The lowest BCUT2D eigenvalue weighted by Gasteiger charge is -1.93. The quantitative estimate of drug-likeness (QED) is 0.550. The van der Waals surface area contributed by atoms with Crippen molar-refractivity contribution in [3.05, 3.63) is 17.8 Å². The molecule has 0 amide bonds. The number of rotatable bonds is 0. The number of aryl methyl sites for hydroxylation is 1. The van der Waals surface area contributed by atoms with Gasteiger partial charge in [-0.3, -0.25) is 5.43 Å². The fourth-order valence-corrected chi connectivity index (χ4v) is 0.843. The second-order valence-electron chi connectivity index (χ2n) is 2.19. The van der Waals surface area contributed by atoms with E-state index >= 15 is 0 Å². The Kier molecular flexibility index (Phi) is 1.01. The van der Waals surface area contributed by atoms with Crippen LogP contribution in [0.25, 0.3) is 0 Å². The Hall–Kier alpha value is -1.29. The number of pyridine rings is 1. The van der Waals surface area contributed by atoms with Gasteiger partial charge < -0.3 is 4.84 Å². The molecule has 2 heterocycles. The monoisotopic (exact) mass is 137 g/mol. The Labute approximate surface area is 58.1 Å². The molecule has 0 fully saturated rings. The first-order chi connectivity index (χ1) is 4.86. The molecule has 0 aliphatic carbocycles. The lowest BCUT2D eigenvalue weighted by molar-refractivity contribution is 0.247. The van der Waals surface area contributed by atoms with Gasteiger partial charge in [0.2, 0.25) is 0 Å². The maximum Gasteiger partial charge on any atom is 0.193 e. The number of nitrogens with one attached hydrogen (secondary N) is 2. The van der Waals surface area contributed by atoms with Crippen LogP contribution in [-0.2, 0) is 0 Å². The fourth-order valence-electron chi connectivity index (χ4n) is 0.843. The van der Waals surface area contributed by atoms with E-state index in [4.69, 9.17) is 4.84 Å². The van der Waals surface area contributed by atoms with E-state index in [0.29, 0.717) is 0 Å². The normalized spacial score (nSPS) is 13.7. The molecule has 1 aromatic rings. The average Bonchev–Trinajstić information content (AvgIpc) is 2.33. The van der Waals surface area contributed by atoms with Crippen LogP contribution >= 0.6 is 0 Å². The van der Waals surface area contributed by atoms with Crippen LogP contribution in [0.3, 0.4) is 0 Å². The molecular weight excluding hydrogens is 130 g/mol. The van der Waals surface area contributed by atoms with Crippen molar-refractivity contribution in [3.8, 4) is 5.75 Å². The van der Waals surface area contributed by atoms with Gasteiger partial charge in [0, 0.05) is 6.20 Å². The topological polar surface area (TPSA) is 46.2 Å². The van der Waals surface area contributed by atoms with E-state index in [-0.39, 0.29) is 0 Å². The summed E-state index contributed by atoms with van der Waals surface area (Å²) in [4.78, 5) is 9.02. The Morgan fingerprint density at radius 1 is 1.60 bits per heavy atom. The highest BCUT2D eigenvalue weighted by atomic mass is 16.7. The molecule has 0 atom stereocenters. The van der Waals surface area contributed by atoms with Gasteiger partial charge in [-0.15, -0.1) is 0 Å². The highest BCUT2D eigenvalue weighted by Crippen LogP contribution is 2.24. The molecule has 0 spiro atoms. The summed E-state index contributed by atoms with van der Waals surface area (Å²) >= 11 is 0. The van der Waals surface area contributed by atoms with Gasteiger partial charge in [0.25, 0.3) is 0 Å². The first-order valence-corrected chi connectivity index (χ1v) is 3.01. The highest BCUT2D eigenvalue weighted by Gasteiger charge is 2.11. The maximum atomic E-state index is 4.96. The number of hydrazine groups is 1. The van der Waals surface area contributed by atoms with Crippen LogP contribution < -0.4 is 15.9 Å². The third kappa shape index (κ3) is 0.698. The largest absolute Gasteiger partial charge is 0.385 e. The Morgan fingerprint density at radius 2 is 2.50 bits per heavy atom. The predicted octanol–water partition coefficient (Wildman–Crippen LogP) is 0.614. The van der Waals surface area contributed by atoms with E-state index in [9.17, 15) is 0 Å². The van der Waals surface area contributed by atoms with Crippen molar-refractivity contribution in [1.29, 1.82) is 0 Å². The van der Waals surface area contributed by atoms with Crippen LogP contribution in [0.5, 0.6) is 5.75 Å². The Morgan fingerprint density at radius 3 is 3.40 bits per heavy atom. The molecule has 0 aromatic carbocycles. The lowest BCUT2D eigenvalue weighted by Crippen LogP contribution is -2.17. The summed E-state index contributed by atoms with van der Waals surface area (Å²) < 4.78 is 0. The van der Waals surface area contributed by atoms with Crippen LogP contribution in [0.4, 0.5) is 5.82 Å². The smallest absolute Gasteiger partial charge is 0.193 e. The molecule has 52 valence electrons. The average molecular weight is 137 g/mol. The van der Waals surface area contributed by atoms with Crippen molar-refractivity contribution in [1.82, 2.24) is 10.6 Å². The summed E-state index contributed by atoms with van der Waals surface area (Å²) in [5.41, 5.74) is 6.33. The molecule has 10 heavy (non-hydrogen) atoms. The van der Waals surface area contributed by atoms with E-state index in [0.717, 1.165) is 17.1 Å². The molecule has 1 aromatic heterocycles. The SMILES string of the molecule is Cc1cnc2c(c1)ONN2. The van der Waals surface area contributed by atoms with Gasteiger partial charge in [-0.2, -0.15) is 0 Å². The lowest BCUT2D eigenvalue weighted by atomic mass is 10.3. The Balaban J connectivity index is 2.52. The van der Waals surface area contributed by atoms with E-state index < -0.39 is 0 Å². The van der Waals surface area contributed by atoms with Crippen LogP contribution in [0.2, 0.25) is 0 Å². The summed E-state index contributed by atoms with van der Waals surface area (Å²) in [6.07, 6.45) is 1.78. The molecule has 2 N–H and O–H groups in total. The standard InChI is InChI=1S/C6H7N3O/c1-4-2-5-6(7-3-4)8-9-10-5/h2-3,9H,1H3,(H,7,8). The number of fused-ring (bicyclic) bond motifs is 1. The minimum absolute atomic E-state index is 0.741. The second kappa shape index (κ2) is 1.85. The van der Waals surface area contributed by atoms with Gasteiger partial charge in [0.05, 0.1) is 0 Å². The highest BCUT2D eigenvalue weighted by molar-refractivity contribution is 5.52. The molecular formula is C6H7N3O. The van der Waals surface area contributed by atoms with Crippen molar-refractivity contribution >= 4 is 5.82 Å². The van der Waals surface area contributed by atoms with Gasteiger partial charge in [-0.1, -0.05) is 5.59 Å². The molecule has 4 heteroatoms. The third-order valence-electron chi connectivity index (χ3n) is 1.32. The second-order valence-corrected chi connectivity index (χ2v) is 2.19. The number of hydrogen-bond acceptors (Lipinski definition) is 4. The van der Waals surface area contributed by atoms with Crippen molar-refractivity contribution < 1.29 is 4.84 Å². The number of nitrogens with zero attached hydrogens (tertiary/aromatic N) is 1. The molecule has 2 rings (SSSR count). The molecule has 4 nitrogen and oxygen atoms in total. The van der Waals surface area contributed by atoms with Crippen LogP contribution in [0, 0.1) is 6.92 Å². The fraction of sp³-hybridized carbons (Fsp3) is 0.167. The molecule has 0 bridgehead atoms. The van der Waals surface area contributed by atoms with Crippen molar-refractivity contribution in [2.75, 3.05) is 5.43 Å². The molecule has 1 aliphatic heterocycles. The zero-order valence-electron chi connectivity index (χ0n) is 5.51. The van der Waals surface area contributed by atoms with Crippen LogP contribution in [0.1, 0.15) is 5.56 Å². The number of aromatic nitrogens is 1. The minimum atomic E-state index is 0.741. The zero-order chi connectivity index (χ0) is 6.97. The van der Waals surface area contributed by atoms with Crippen LogP contribution in [0.15, 0.2) is 12.3 Å². The summed E-state index contributed by atoms with van der Waals surface area (Å²) in [5, 5.41) is 0. The van der Waals surface area contributed by atoms with Gasteiger partial charge in [0.1, 0.15) is 0 Å². The first kappa shape index (κ1) is 5.49. The molecule has 1 aliphatic rings. The van der Waals surface area contributed by atoms with Gasteiger partial charge in [-0.05, 0) is 18.6 Å².